The summed E-state index contributed by atoms with van der Waals surface area (Å²) in [6, 6.07) is 8.83. The first kappa shape index (κ1) is 12.0. The van der Waals surface area contributed by atoms with Gasteiger partial charge in [0.2, 0.25) is 0 Å². The van der Waals surface area contributed by atoms with Gasteiger partial charge in [-0.05, 0) is 12.0 Å². The molecular weight excluding hydrogens is 205 g/mol. The lowest BCUT2D eigenvalue weighted by Crippen LogP contribution is -2.30. The molecule has 0 aliphatic heterocycles. The van der Waals surface area contributed by atoms with Crippen LogP contribution in [0.4, 0.5) is 13.2 Å². The quantitative estimate of drug-likeness (QED) is 0.751. The summed E-state index contributed by atoms with van der Waals surface area (Å²) >= 11 is 0. The van der Waals surface area contributed by atoms with Crippen molar-refractivity contribution in [3.63, 3.8) is 0 Å². The SMILES string of the molecule is CC[C@@H](OCc1ccccc1)C(F)(F)F. The van der Waals surface area contributed by atoms with Crippen molar-refractivity contribution in [2.24, 2.45) is 0 Å². The summed E-state index contributed by atoms with van der Waals surface area (Å²) in [6.45, 7) is 1.46. The highest BCUT2D eigenvalue weighted by atomic mass is 19.4. The summed E-state index contributed by atoms with van der Waals surface area (Å²) in [4.78, 5) is 0. The molecule has 0 fully saturated rings. The van der Waals surface area contributed by atoms with Crippen molar-refractivity contribution in [2.75, 3.05) is 0 Å². The van der Waals surface area contributed by atoms with Crippen molar-refractivity contribution < 1.29 is 17.9 Å². The minimum absolute atomic E-state index is 0.00113. The number of ether oxygens (including phenoxy) is 1. The van der Waals surface area contributed by atoms with E-state index in [1.165, 1.54) is 6.92 Å². The molecule has 1 aromatic carbocycles. The molecule has 0 amide bonds. The zero-order chi connectivity index (χ0) is 11.3. The van der Waals surface area contributed by atoms with E-state index in [2.05, 4.69) is 0 Å². The van der Waals surface area contributed by atoms with E-state index in [0.29, 0.717) is 0 Å². The average molecular weight is 218 g/mol. The number of rotatable bonds is 4. The van der Waals surface area contributed by atoms with Gasteiger partial charge in [0.25, 0.3) is 0 Å². The van der Waals surface area contributed by atoms with Crippen LogP contribution in [-0.2, 0) is 11.3 Å². The second-order valence-corrected chi connectivity index (χ2v) is 3.24. The first-order valence-corrected chi connectivity index (χ1v) is 4.76. The van der Waals surface area contributed by atoms with Crippen LogP contribution in [0.25, 0.3) is 0 Å². The molecular formula is C11H13F3O. The third-order valence-corrected chi connectivity index (χ3v) is 2.03. The fourth-order valence-corrected chi connectivity index (χ4v) is 1.21. The van der Waals surface area contributed by atoms with Crippen LogP contribution in [0.1, 0.15) is 18.9 Å². The van der Waals surface area contributed by atoms with Crippen LogP contribution in [0.15, 0.2) is 30.3 Å². The van der Waals surface area contributed by atoms with Crippen LogP contribution in [0.5, 0.6) is 0 Å². The molecule has 0 heterocycles. The van der Waals surface area contributed by atoms with Gasteiger partial charge in [0.1, 0.15) is 0 Å². The summed E-state index contributed by atoms with van der Waals surface area (Å²) in [5, 5.41) is 0. The molecule has 84 valence electrons. The molecule has 0 unspecified atom stereocenters. The first-order chi connectivity index (χ1) is 7.04. The molecule has 0 N–H and O–H groups in total. The van der Waals surface area contributed by atoms with Gasteiger partial charge in [-0.15, -0.1) is 0 Å². The molecule has 0 aliphatic rings. The largest absolute Gasteiger partial charge is 0.414 e. The van der Waals surface area contributed by atoms with Gasteiger partial charge in [-0.2, -0.15) is 13.2 Å². The second kappa shape index (κ2) is 5.16. The number of benzene rings is 1. The van der Waals surface area contributed by atoms with E-state index < -0.39 is 12.3 Å². The van der Waals surface area contributed by atoms with Crippen LogP contribution in [0, 0.1) is 0 Å². The molecule has 1 rings (SSSR count). The Morgan fingerprint density at radius 2 is 1.80 bits per heavy atom. The van der Waals surface area contributed by atoms with Crippen molar-refractivity contribution in [3.8, 4) is 0 Å². The highest BCUT2D eigenvalue weighted by molar-refractivity contribution is 5.13. The second-order valence-electron chi connectivity index (χ2n) is 3.24. The molecule has 1 aromatic rings. The molecule has 0 bridgehead atoms. The Balaban J connectivity index is 2.49. The van der Waals surface area contributed by atoms with Crippen molar-refractivity contribution in [1.29, 1.82) is 0 Å². The van der Waals surface area contributed by atoms with E-state index in [1.54, 1.807) is 24.3 Å². The maximum atomic E-state index is 12.3. The third kappa shape index (κ3) is 3.91. The lowest BCUT2D eigenvalue weighted by molar-refractivity contribution is -0.224. The summed E-state index contributed by atoms with van der Waals surface area (Å²) in [5.74, 6) is 0. The monoisotopic (exact) mass is 218 g/mol. The minimum Gasteiger partial charge on any atom is -0.364 e. The van der Waals surface area contributed by atoms with Crippen LogP contribution >= 0.6 is 0 Å². The minimum atomic E-state index is -4.27. The topological polar surface area (TPSA) is 9.23 Å². The Morgan fingerprint density at radius 3 is 2.27 bits per heavy atom. The molecule has 0 spiro atoms. The maximum Gasteiger partial charge on any atom is 0.414 e. The van der Waals surface area contributed by atoms with E-state index in [1.807, 2.05) is 6.07 Å². The van der Waals surface area contributed by atoms with Crippen molar-refractivity contribution in [1.82, 2.24) is 0 Å². The van der Waals surface area contributed by atoms with Crippen molar-refractivity contribution in [2.45, 2.75) is 32.2 Å². The van der Waals surface area contributed by atoms with Gasteiger partial charge in [0, 0.05) is 0 Å². The van der Waals surface area contributed by atoms with Gasteiger partial charge >= 0.3 is 6.18 Å². The molecule has 1 atom stereocenters. The fourth-order valence-electron chi connectivity index (χ4n) is 1.21. The van der Waals surface area contributed by atoms with Gasteiger partial charge in [0.15, 0.2) is 6.10 Å². The molecule has 1 nitrogen and oxygen atoms in total. The Hall–Kier alpha value is -1.03. The molecule has 0 radical (unpaired) electrons. The molecule has 0 saturated carbocycles. The zero-order valence-electron chi connectivity index (χ0n) is 8.42. The summed E-state index contributed by atoms with van der Waals surface area (Å²) in [5.41, 5.74) is 0.750. The predicted octanol–water partition coefficient (Wildman–Crippen LogP) is 3.54. The van der Waals surface area contributed by atoms with Crippen LogP contribution < -0.4 is 0 Å². The molecule has 15 heavy (non-hydrogen) atoms. The van der Waals surface area contributed by atoms with Crippen molar-refractivity contribution >= 4 is 0 Å². The van der Waals surface area contributed by atoms with Gasteiger partial charge in [-0.3, -0.25) is 0 Å². The lowest BCUT2D eigenvalue weighted by atomic mass is 10.2. The third-order valence-electron chi connectivity index (χ3n) is 2.03. The Kier molecular flexibility index (Phi) is 4.15. The summed E-state index contributed by atoms with van der Waals surface area (Å²) in [6.07, 6.45) is -6.00. The van der Waals surface area contributed by atoms with Gasteiger partial charge in [-0.1, -0.05) is 37.3 Å². The Morgan fingerprint density at radius 1 is 1.20 bits per heavy atom. The van der Waals surface area contributed by atoms with E-state index in [4.69, 9.17) is 4.74 Å². The Labute approximate surface area is 86.9 Å². The average Bonchev–Trinajstić information content (AvgIpc) is 2.18. The summed E-state index contributed by atoms with van der Waals surface area (Å²) in [7, 11) is 0. The maximum absolute atomic E-state index is 12.3. The number of alkyl halides is 3. The Bertz CT molecular complexity index is 282. The van der Waals surface area contributed by atoms with Gasteiger partial charge in [-0.25, -0.2) is 0 Å². The lowest BCUT2D eigenvalue weighted by Gasteiger charge is -2.19. The summed E-state index contributed by atoms with van der Waals surface area (Å²) < 4.78 is 41.7. The molecule has 0 saturated heterocycles. The van der Waals surface area contributed by atoms with E-state index in [0.717, 1.165) is 5.56 Å². The number of hydrogen-bond donors (Lipinski definition) is 0. The highest BCUT2D eigenvalue weighted by Crippen LogP contribution is 2.25. The van der Waals surface area contributed by atoms with Gasteiger partial charge < -0.3 is 4.74 Å². The molecule has 0 aliphatic carbocycles. The standard InChI is InChI=1S/C11H13F3O/c1-2-10(11(12,13)14)15-8-9-6-4-3-5-7-9/h3-7,10H,2,8H2,1H3/t10-/m1/s1. The van der Waals surface area contributed by atoms with E-state index in [-0.39, 0.29) is 13.0 Å². The number of halogens is 3. The van der Waals surface area contributed by atoms with Crippen molar-refractivity contribution in [3.05, 3.63) is 35.9 Å². The zero-order valence-corrected chi connectivity index (χ0v) is 8.42. The van der Waals surface area contributed by atoms with Crippen LogP contribution in [0.3, 0.4) is 0 Å². The smallest absolute Gasteiger partial charge is 0.364 e. The normalized spacial score (nSPS) is 13.9. The van der Waals surface area contributed by atoms with E-state index >= 15 is 0 Å². The fraction of sp³-hybridized carbons (Fsp3) is 0.455. The van der Waals surface area contributed by atoms with E-state index in [9.17, 15) is 13.2 Å². The predicted molar refractivity (Wildman–Crippen MR) is 51.4 cm³/mol. The molecule has 4 heteroatoms. The van der Waals surface area contributed by atoms with Crippen LogP contribution in [0.2, 0.25) is 0 Å². The van der Waals surface area contributed by atoms with Crippen LogP contribution in [-0.4, -0.2) is 12.3 Å². The van der Waals surface area contributed by atoms with Gasteiger partial charge in [0.05, 0.1) is 6.61 Å². The number of hydrogen-bond acceptors (Lipinski definition) is 1. The molecule has 0 aromatic heterocycles. The first-order valence-electron chi connectivity index (χ1n) is 4.76. The highest BCUT2D eigenvalue weighted by Gasteiger charge is 2.39.